The number of nitrogens with one attached hydrogen (secondary N) is 1. The zero-order valence-electron chi connectivity index (χ0n) is 11.8. The molecule has 1 saturated heterocycles. The monoisotopic (exact) mass is 313 g/mol. The summed E-state index contributed by atoms with van der Waals surface area (Å²) in [5.74, 6) is 0. The molecule has 22 heavy (non-hydrogen) atoms. The Labute approximate surface area is 131 Å². The summed E-state index contributed by atoms with van der Waals surface area (Å²) < 4.78 is 1.34. The molecule has 0 aliphatic carbocycles. The minimum atomic E-state index is -0.147. The molecule has 1 aliphatic rings. The Morgan fingerprint density at radius 2 is 2.09 bits per heavy atom. The summed E-state index contributed by atoms with van der Waals surface area (Å²) in [6.07, 6.45) is 2.57. The van der Waals surface area contributed by atoms with E-state index in [-0.39, 0.29) is 5.56 Å². The van der Waals surface area contributed by atoms with Gasteiger partial charge in [-0.05, 0) is 18.6 Å². The van der Waals surface area contributed by atoms with Gasteiger partial charge in [-0.1, -0.05) is 29.5 Å². The van der Waals surface area contributed by atoms with Crippen molar-refractivity contribution in [3.63, 3.8) is 0 Å². The maximum Gasteiger partial charge on any atom is 0.275 e. The number of aromatic nitrogens is 3. The van der Waals surface area contributed by atoms with Crippen LogP contribution in [0.1, 0.15) is 6.42 Å². The number of fused-ring (bicyclic) bond motifs is 1. The van der Waals surface area contributed by atoms with E-state index >= 15 is 0 Å². The quantitative estimate of drug-likeness (QED) is 0.799. The lowest BCUT2D eigenvalue weighted by molar-refractivity contribution is 0.793. The highest BCUT2D eigenvalue weighted by Crippen LogP contribution is 2.23. The van der Waals surface area contributed by atoms with E-state index in [2.05, 4.69) is 44.6 Å². The third-order valence-corrected chi connectivity index (χ3v) is 4.66. The van der Waals surface area contributed by atoms with Crippen LogP contribution in [0.5, 0.6) is 0 Å². The first-order valence-corrected chi connectivity index (χ1v) is 8.03. The Morgan fingerprint density at radius 1 is 1.23 bits per heavy atom. The molecule has 1 unspecified atom stereocenters. The average molecular weight is 313 g/mol. The molecule has 0 amide bonds. The third-order valence-electron chi connectivity index (χ3n) is 3.81. The van der Waals surface area contributed by atoms with Crippen LogP contribution < -0.4 is 15.8 Å². The van der Waals surface area contributed by atoms with E-state index in [4.69, 9.17) is 0 Å². The van der Waals surface area contributed by atoms with Gasteiger partial charge >= 0.3 is 0 Å². The van der Waals surface area contributed by atoms with Crippen molar-refractivity contribution in [2.75, 3.05) is 23.3 Å². The summed E-state index contributed by atoms with van der Waals surface area (Å²) >= 11 is 1.41. The Bertz CT molecular complexity index is 844. The SMILES string of the molecule is O=c1ccnc2sc(NC3CCN(c4ccccc4)C3)nn12. The van der Waals surface area contributed by atoms with Gasteiger partial charge in [0.25, 0.3) is 5.56 Å². The molecule has 3 aromatic rings. The first-order valence-electron chi connectivity index (χ1n) is 7.21. The van der Waals surface area contributed by atoms with Crippen molar-refractivity contribution in [2.45, 2.75) is 12.5 Å². The van der Waals surface area contributed by atoms with Crippen molar-refractivity contribution in [2.24, 2.45) is 0 Å². The number of hydrogen-bond acceptors (Lipinski definition) is 6. The minimum Gasteiger partial charge on any atom is -0.369 e. The Balaban J connectivity index is 1.50. The lowest BCUT2D eigenvalue weighted by Gasteiger charge is -2.18. The summed E-state index contributed by atoms with van der Waals surface area (Å²) in [6, 6.07) is 12.2. The van der Waals surface area contributed by atoms with E-state index in [0.29, 0.717) is 11.0 Å². The fraction of sp³-hybridized carbons (Fsp3) is 0.267. The predicted molar refractivity (Wildman–Crippen MR) is 87.8 cm³/mol. The molecule has 0 spiro atoms. The first-order chi connectivity index (χ1) is 10.8. The van der Waals surface area contributed by atoms with Gasteiger partial charge in [-0.25, -0.2) is 4.98 Å². The van der Waals surface area contributed by atoms with Crippen LogP contribution in [0.15, 0.2) is 47.4 Å². The minimum absolute atomic E-state index is 0.147. The van der Waals surface area contributed by atoms with Gasteiger partial charge in [-0.2, -0.15) is 4.52 Å². The molecule has 0 saturated carbocycles. The Kier molecular flexibility index (Phi) is 3.27. The summed E-state index contributed by atoms with van der Waals surface area (Å²) in [5.41, 5.74) is 1.10. The van der Waals surface area contributed by atoms with Crippen molar-refractivity contribution in [1.29, 1.82) is 0 Å². The van der Waals surface area contributed by atoms with E-state index in [1.807, 2.05) is 6.07 Å². The molecule has 1 fully saturated rings. The van der Waals surface area contributed by atoms with Gasteiger partial charge in [-0.3, -0.25) is 4.79 Å². The zero-order chi connectivity index (χ0) is 14.9. The predicted octanol–water partition coefficient (Wildman–Crippen LogP) is 1.84. The molecule has 0 radical (unpaired) electrons. The normalized spacial score (nSPS) is 18.0. The fourth-order valence-corrected chi connectivity index (χ4v) is 3.58. The second kappa shape index (κ2) is 5.42. The molecule has 1 aromatic carbocycles. The molecular weight excluding hydrogens is 298 g/mol. The molecule has 3 heterocycles. The second-order valence-corrected chi connectivity index (χ2v) is 6.25. The van der Waals surface area contributed by atoms with Gasteiger partial charge in [0.1, 0.15) is 0 Å². The first kappa shape index (κ1) is 13.3. The highest BCUT2D eigenvalue weighted by atomic mass is 32.1. The van der Waals surface area contributed by atoms with Gasteiger partial charge in [0, 0.05) is 37.1 Å². The smallest absolute Gasteiger partial charge is 0.275 e. The van der Waals surface area contributed by atoms with Crippen molar-refractivity contribution in [3.8, 4) is 0 Å². The number of para-hydroxylation sites is 1. The van der Waals surface area contributed by atoms with Crippen LogP contribution >= 0.6 is 11.3 Å². The molecule has 6 nitrogen and oxygen atoms in total. The van der Waals surface area contributed by atoms with Crippen LogP contribution in [-0.4, -0.2) is 33.7 Å². The molecule has 0 bridgehead atoms. The van der Waals surface area contributed by atoms with E-state index in [9.17, 15) is 4.79 Å². The Hall–Kier alpha value is -2.41. The average Bonchev–Trinajstić information content (AvgIpc) is 3.16. The van der Waals surface area contributed by atoms with Gasteiger partial charge in [0.2, 0.25) is 10.1 Å². The topological polar surface area (TPSA) is 62.5 Å². The summed E-state index contributed by atoms with van der Waals surface area (Å²) in [7, 11) is 0. The van der Waals surface area contributed by atoms with Crippen LogP contribution in [0.4, 0.5) is 10.8 Å². The van der Waals surface area contributed by atoms with Crippen molar-refractivity contribution in [1.82, 2.24) is 14.6 Å². The highest BCUT2D eigenvalue weighted by molar-refractivity contribution is 7.20. The van der Waals surface area contributed by atoms with Gasteiger partial charge in [0.05, 0.1) is 0 Å². The molecule has 7 heteroatoms. The van der Waals surface area contributed by atoms with Crippen LogP contribution in [0.2, 0.25) is 0 Å². The van der Waals surface area contributed by atoms with Gasteiger partial charge in [-0.15, -0.1) is 5.10 Å². The molecule has 1 aliphatic heterocycles. The third kappa shape index (κ3) is 2.43. The molecule has 2 aromatic heterocycles. The molecule has 1 atom stereocenters. The molecule has 112 valence electrons. The molecule has 1 N–H and O–H groups in total. The standard InChI is InChI=1S/C15H15N5OS/c21-13-6-8-16-15-20(13)18-14(22-15)17-11-7-9-19(10-11)12-4-2-1-3-5-12/h1-6,8,11H,7,9-10H2,(H,17,18). The van der Waals surface area contributed by atoms with Crippen LogP contribution in [0.25, 0.3) is 4.96 Å². The maximum atomic E-state index is 11.7. The van der Waals surface area contributed by atoms with Gasteiger partial charge < -0.3 is 10.2 Å². The van der Waals surface area contributed by atoms with Crippen LogP contribution in [0.3, 0.4) is 0 Å². The van der Waals surface area contributed by atoms with E-state index < -0.39 is 0 Å². The number of nitrogens with zero attached hydrogens (tertiary/aromatic N) is 4. The van der Waals surface area contributed by atoms with Crippen LogP contribution in [0, 0.1) is 0 Å². The zero-order valence-corrected chi connectivity index (χ0v) is 12.7. The number of rotatable bonds is 3. The van der Waals surface area contributed by atoms with Crippen molar-refractivity contribution < 1.29 is 0 Å². The van der Waals surface area contributed by atoms with E-state index in [1.165, 1.54) is 33.8 Å². The Morgan fingerprint density at radius 3 is 2.91 bits per heavy atom. The summed E-state index contributed by atoms with van der Waals surface area (Å²) in [5, 5.41) is 8.47. The molecule has 4 rings (SSSR count). The maximum absolute atomic E-state index is 11.7. The van der Waals surface area contributed by atoms with Gasteiger partial charge in [0.15, 0.2) is 0 Å². The highest BCUT2D eigenvalue weighted by Gasteiger charge is 2.23. The summed E-state index contributed by atoms with van der Waals surface area (Å²) in [6.45, 7) is 1.95. The van der Waals surface area contributed by atoms with E-state index in [1.54, 1.807) is 0 Å². The largest absolute Gasteiger partial charge is 0.369 e. The second-order valence-electron chi connectivity index (χ2n) is 5.30. The summed E-state index contributed by atoms with van der Waals surface area (Å²) in [4.78, 5) is 18.8. The number of anilines is 2. The lowest BCUT2D eigenvalue weighted by Crippen LogP contribution is -2.26. The lowest BCUT2D eigenvalue weighted by atomic mass is 10.3. The van der Waals surface area contributed by atoms with Crippen LogP contribution in [-0.2, 0) is 0 Å². The molecular formula is C15H15N5OS. The van der Waals surface area contributed by atoms with E-state index in [0.717, 1.165) is 24.6 Å². The number of hydrogen-bond donors (Lipinski definition) is 1. The number of benzene rings is 1. The van der Waals surface area contributed by atoms with Crippen molar-refractivity contribution >= 4 is 27.1 Å². The fourth-order valence-electron chi connectivity index (χ4n) is 2.73. The van der Waals surface area contributed by atoms with Crippen molar-refractivity contribution in [3.05, 3.63) is 52.9 Å².